The molecule has 1 aliphatic heterocycles. The molecule has 4 rings (SSSR count). The number of halogens is 1. The maximum Gasteiger partial charge on any atom is 0.287 e. The number of hydrazine groups is 1. The van der Waals surface area contributed by atoms with Gasteiger partial charge < -0.3 is 9.73 Å². The number of fused-ring (bicyclic) bond motifs is 3. The van der Waals surface area contributed by atoms with Crippen molar-refractivity contribution in [3.8, 4) is 0 Å². The minimum Gasteiger partial charge on any atom is -0.455 e. The average molecular weight is 346 g/mol. The van der Waals surface area contributed by atoms with E-state index in [1.54, 1.807) is 0 Å². The molecule has 2 aromatic rings. The highest BCUT2D eigenvalue weighted by Gasteiger charge is 2.38. The molecule has 0 radical (unpaired) electrons. The molecule has 24 heavy (non-hydrogen) atoms. The van der Waals surface area contributed by atoms with Crippen molar-refractivity contribution in [1.29, 1.82) is 0 Å². The monoisotopic (exact) mass is 345 g/mol. The van der Waals surface area contributed by atoms with Gasteiger partial charge in [-0.2, -0.15) is 0 Å². The van der Waals surface area contributed by atoms with Gasteiger partial charge >= 0.3 is 0 Å². The van der Waals surface area contributed by atoms with Gasteiger partial charge in [-0.25, -0.2) is 5.43 Å². The summed E-state index contributed by atoms with van der Waals surface area (Å²) < 4.78 is 5.91. The standard InChI is InChI=1S/C18H20ClN3O2/c1-10-15-14(6-5-12-9-21-22-16(12)15)24-17(10)18(23)20-8-11-3-2-4-13(19)7-11/h2-4,7,12,16,21-22H,5-6,8-9H2,1H3,(H,20,23). The SMILES string of the molecule is Cc1c(C(=O)NCc2cccc(Cl)c2)oc2c1C1NNCC1CC2. The van der Waals surface area contributed by atoms with Crippen LogP contribution in [0.5, 0.6) is 0 Å². The van der Waals surface area contributed by atoms with Gasteiger partial charge in [-0.05, 0) is 37.0 Å². The zero-order valence-corrected chi connectivity index (χ0v) is 14.2. The molecule has 0 bridgehead atoms. The highest BCUT2D eigenvalue weighted by molar-refractivity contribution is 6.30. The molecule has 5 nitrogen and oxygen atoms in total. The fraction of sp³-hybridized carbons (Fsp3) is 0.389. The Morgan fingerprint density at radius 1 is 1.46 bits per heavy atom. The predicted molar refractivity (Wildman–Crippen MR) is 91.8 cm³/mol. The summed E-state index contributed by atoms with van der Waals surface area (Å²) in [6.07, 6.45) is 1.97. The Kier molecular flexibility index (Phi) is 4.08. The molecule has 1 aromatic carbocycles. The fourth-order valence-corrected chi connectivity index (χ4v) is 3.95. The van der Waals surface area contributed by atoms with Crippen molar-refractivity contribution in [3.63, 3.8) is 0 Å². The number of nitrogens with one attached hydrogen (secondary N) is 3. The maximum atomic E-state index is 12.6. The Morgan fingerprint density at radius 2 is 2.33 bits per heavy atom. The number of furan rings is 1. The van der Waals surface area contributed by atoms with Crippen LogP contribution in [0.4, 0.5) is 0 Å². The Labute approximate surface area is 145 Å². The van der Waals surface area contributed by atoms with Crippen molar-refractivity contribution in [2.45, 2.75) is 32.4 Å². The number of carbonyl (C=O) groups is 1. The van der Waals surface area contributed by atoms with E-state index in [1.165, 1.54) is 0 Å². The molecule has 0 spiro atoms. The summed E-state index contributed by atoms with van der Waals surface area (Å²) in [4.78, 5) is 12.6. The minimum atomic E-state index is -0.176. The highest BCUT2D eigenvalue weighted by atomic mass is 35.5. The van der Waals surface area contributed by atoms with Crippen molar-refractivity contribution in [2.75, 3.05) is 6.54 Å². The number of hydrogen-bond acceptors (Lipinski definition) is 4. The van der Waals surface area contributed by atoms with Crippen LogP contribution in [-0.4, -0.2) is 12.5 Å². The summed E-state index contributed by atoms with van der Waals surface area (Å²) in [5.74, 6) is 1.76. The molecule has 2 atom stereocenters. The summed E-state index contributed by atoms with van der Waals surface area (Å²) >= 11 is 5.98. The molecule has 1 saturated heterocycles. The zero-order valence-electron chi connectivity index (χ0n) is 13.5. The molecule has 6 heteroatoms. The van der Waals surface area contributed by atoms with Crippen LogP contribution in [0.25, 0.3) is 0 Å². The van der Waals surface area contributed by atoms with E-state index in [4.69, 9.17) is 16.0 Å². The van der Waals surface area contributed by atoms with Gasteiger partial charge in [-0.1, -0.05) is 23.7 Å². The van der Waals surface area contributed by atoms with E-state index in [0.29, 0.717) is 23.2 Å². The van der Waals surface area contributed by atoms with Gasteiger partial charge in [0.05, 0.1) is 6.04 Å². The van der Waals surface area contributed by atoms with Crippen molar-refractivity contribution >= 4 is 17.5 Å². The minimum absolute atomic E-state index is 0.176. The molecule has 1 aromatic heterocycles. The molecule has 2 unspecified atom stereocenters. The fourth-order valence-electron chi connectivity index (χ4n) is 3.73. The molecule has 0 saturated carbocycles. The number of aryl methyl sites for hydroxylation is 1. The van der Waals surface area contributed by atoms with Crippen molar-refractivity contribution < 1.29 is 9.21 Å². The third kappa shape index (κ3) is 2.73. The summed E-state index contributed by atoms with van der Waals surface area (Å²) in [6.45, 7) is 3.36. The van der Waals surface area contributed by atoms with E-state index in [2.05, 4.69) is 16.2 Å². The molecule has 2 heterocycles. The molecule has 2 aliphatic rings. The normalized spacial score (nSPS) is 22.1. The zero-order chi connectivity index (χ0) is 16.7. The first-order valence-corrected chi connectivity index (χ1v) is 8.64. The number of hydrogen-bond donors (Lipinski definition) is 3. The Hall–Kier alpha value is -1.82. The molecule has 1 amide bonds. The van der Waals surface area contributed by atoms with Crippen LogP contribution in [-0.2, 0) is 13.0 Å². The third-order valence-electron chi connectivity index (χ3n) is 4.97. The second-order valence-corrected chi connectivity index (χ2v) is 6.94. The first-order valence-electron chi connectivity index (χ1n) is 8.26. The van der Waals surface area contributed by atoms with Crippen molar-refractivity contribution in [3.05, 3.63) is 57.5 Å². The van der Waals surface area contributed by atoms with Crippen molar-refractivity contribution in [2.24, 2.45) is 5.92 Å². The van der Waals surface area contributed by atoms with E-state index in [0.717, 1.165) is 41.8 Å². The topological polar surface area (TPSA) is 66.3 Å². The lowest BCUT2D eigenvalue weighted by Crippen LogP contribution is -2.27. The lowest BCUT2D eigenvalue weighted by molar-refractivity contribution is 0.0920. The Balaban J connectivity index is 1.53. The molecule has 126 valence electrons. The molecule has 1 aliphatic carbocycles. The third-order valence-corrected chi connectivity index (χ3v) is 5.20. The van der Waals surface area contributed by atoms with Gasteiger partial charge in [0.2, 0.25) is 0 Å². The largest absolute Gasteiger partial charge is 0.455 e. The highest BCUT2D eigenvalue weighted by Crippen LogP contribution is 2.40. The molecular weight excluding hydrogens is 326 g/mol. The first-order chi connectivity index (χ1) is 11.6. The van der Waals surface area contributed by atoms with Crippen LogP contribution in [0, 0.1) is 12.8 Å². The van der Waals surface area contributed by atoms with Gasteiger partial charge in [0.15, 0.2) is 5.76 Å². The van der Waals surface area contributed by atoms with Gasteiger partial charge in [-0.15, -0.1) is 0 Å². The van der Waals surface area contributed by atoms with Crippen molar-refractivity contribution in [1.82, 2.24) is 16.2 Å². The van der Waals surface area contributed by atoms with Gasteiger partial charge in [-0.3, -0.25) is 10.2 Å². The number of amides is 1. The number of benzene rings is 1. The maximum absolute atomic E-state index is 12.6. The predicted octanol–water partition coefficient (Wildman–Crippen LogP) is 2.88. The van der Waals surface area contributed by atoms with E-state index in [1.807, 2.05) is 31.2 Å². The Morgan fingerprint density at radius 3 is 3.17 bits per heavy atom. The second-order valence-electron chi connectivity index (χ2n) is 6.51. The van der Waals surface area contributed by atoms with E-state index in [-0.39, 0.29) is 11.9 Å². The first kappa shape index (κ1) is 15.7. The smallest absolute Gasteiger partial charge is 0.287 e. The average Bonchev–Trinajstić information content (AvgIpc) is 3.17. The van der Waals surface area contributed by atoms with Gasteiger partial charge in [0.25, 0.3) is 5.91 Å². The lowest BCUT2D eigenvalue weighted by Gasteiger charge is -2.23. The molecule has 1 fully saturated rings. The quantitative estimate of drug-likeness (QED) is 0.800. The van der Waals surface area contributed by atoms with Gasteiger partial charge in [0.1, 0.15) is 5.76 Å². The van der Waals surface area contributed by atoms with Crippen LogP contribution in [0.1, 0.15) is 45.5 Å². The number of rotatable bonds is 3. The van der Waals surface area contributed by atoms with Crippen LogP contribution in [0.3, 0.4) is 0 Å². The number of carbonyl (C=O) groups excluding carboxylic acids is 1. The van der Waals surface area contributed by atoms with E-state index < -0.39 is 0 Å². The summed E-state index contributed by atoms with van der Waals surface area (Å²) in [6, 6.07) is 7.72. The van der Waals surface area contributed by atoms with Crippen LogP contribution in [0.2, 0.25) is 5.02 Å². The van der Waals surface area contributed by atoms with Crippen LogP contribution >= 0.6 is 11.6 Å². The summed E-state index contributed by atoms with van der Waals surface area (Å²) in [5, 5.41) is 3.59. The van der Waals surface area contributed by atoms with E-state index >= 15 is 0 Å². The molecule has 3 N–H and O–H groups in total. The van der Waals surface area contributed by atoms with Gasteiger partial charge in [0, 0.05) is 35.7 Å². The van der Waals surface area contributed by atoms with Crippen LogP contribution < -0.4 is 16.2 Å². The summed E-state index contributed by atoms with van der Waals surface area (Å²) in [7, 11) is 0. The van der Waals surface area contributed by atoms with E-state index in [9.17, 15) is 4.79 Å². The second kappa shape index (κ2) is 6.24. The molecular formula is C18H20ClN3O2. The van der Waals surface area contributed by atoms with Crippen LogP contribution in [0.15, 0.2) is 28.7 Å². The summed E-state index contributed by atoms with van der Waals surface area (Å²) in [5.41, 5.74) is 9.60. The lowest BCUT2D eigenvalue weighted by atomic mass is 9.83. The Bertz CT molecular complexity index is 787.